The first-order valence-corrected chi connectivity index (χ1v) is 4.77. The number of aldehydes is 1. The topological polar surface area (TPSA) is 17.1 Å². The first-order valence-electron chi connectivity index (χ1n) is 4.77. The highest BCUT2D eigenvalue weighted by Gasteiger charge is 2.39. The minimum atomic E-state index is -0.289. The number of carbonyl (C=O) groups excluding carboxylic acids is 1. The standard InChI is InChI=1S/C10H17FO/c1-9-4-2-5-10(9,8-12)6-3-7-11/h8-9H,2-7H2,1H3. The summed E-state index contributed by atoms with van der Waals surface area (Å²) in [6.45, 7) is 1.82. The van der Waals surface area contributed by atoms with Crippen LogP contribution in [0.2, 0.25) is 0 Å². The molecule has 0 aromatic carbocycles. The summed E-state index contributed by atoms with van der Waals surface area (Å²) in [4.78, 5) is 10.9. The van der Waals surface area contributed by atoms with Crippen LogP contribution in [0.4, 0.5) is 4.39 Å². The molecule has 1 saturated carbocycles. The van der Waals surface area contributed by atoms with Crippen molar-refractivity contribution in [2.45, 2.75) is 39.0 Å². The number of carbonyl (C=O) groups is 1. The molecule has 0 radical (unpaired) electrons. The highest BCUT2D eigenvalue weighted by Crippen LogP contribution is 2.44. The molecule has 0 aliphatic heterocycles. The van der Waals surface area contributed by atoms with E-state index in [1.165, 1.54) is 0 Å². The number of alkyl halides is 1. The highest BCUT2D eigenvalue weighted by molar-refractivity contribution is 5.60. The molecular weight excluding hydrogens is 155 g/mol. The minimum absolute atomic E-state index is 0.175. The second-order valence-electron chi connectivity index (χ2n) is 3.94. The molecule has 0 bridgehead atoms. The molecule has 2 unspecified atom stereocenters. The van der Waals surface area contributed by atoms with Crippen LogP contribution in [-0.4, -0.2) is 13.0 Å². The third kappa shape index (κ3) is 1.67. The van der Waals surface area contributed by atoms with E-state index in [-0.39, 0.29) is 12.1 Å². The average Bonchev–Trinajstić information content (AvgIpc) is 2.45. The maximum atomic E-state index is 12.0. The van der Waals surface area contributed by atoms with Crippen molar-refractivity contribution in [1.82, 2.24) is 0 Å². The molecule has 0 saturated heterocycles. The maximum Gasteiger partial charge on any atom is 0.126 e. The van der Waals surface area contributed by atoms with E-state index < -0.39 is 0 Å². The summed E-state index contributed by atoms with van der Waals surface area (Å²) >= 11 is 0. The molecule has 2 atom stereocenters. The van der Waals surface area contributed by atoms with Gasteiger partial charge in [0.25, 0.3) is 0 Å². The second kappa shape index (κ2) is 4.01. The molecular formula is C10H17FO. The van der Waals surface area contributed by atoms with Crippen LogP contribution in [0.15, 0.2) is 0 Å². The molecule has 0 aromatic rings. The Balaban J connectivity index is 2.55. The Bertz CT molecular complexity index is 158. The summed E-state index contributed by atoms with van der Waals surface area (Å²) in [5.41, 5.74) is -0.175. The van der Waals surface area contributed by atoms with Gasteiger partial charge in [-0.3, -0.25) is 4.39 Å². The molecule has 0 spiro atoms. The van der Waals surface area contributed by atoms with Crippen LogP contribution >= 0.6 is 0 Å². The molecule has 1 nitrogen and oxygen atoms in total. The number of hydrogen-bond acceptors (Lipinski definition) is 1. The molecule has 0 aromatic heterocycles. The summed E-state index contributed by atoms with van der Waals surface area (Å²) in [5.74, 6) is 0.460. The zero-order valence-electron chi connectivity index (χ0n) is 7.68. The Kier molecular flexibility index (Phi) is 3.24. The Morgan fingerprint density at radius 2 is 2.42 bits per heavy atom. The van der Waals surface area contributed by atoms with Crippen LogP contribution in [0, 0.1) is 11.3 Å². The van der Waals surface area contributed by atoms with Crippen LogP contribution in [-0.2, 0) is 4.79 Å². The lowest BCUT2D eigenvalue weighted by Gasteiger charge is -2.26. The third-order valence-corrected chi connectivity index (χ3v) is 3.27. The maximum absolute atomic E-state index is 12.0. The van der Waals surface area contributed by atoms with Crippen LogP contribution in [0.5, 0.6) is 0 Å². The van der Waals surface area contributed by atoms with Gasteiger partial charge in [0.15, 0.2) is 0 Å². The second-order valence-corrected chi connectivity index (χ2v) is 3.94. The first-order chi connectivity index (χ1) is 5.75. The van der Waals surface area contributed by atoms with Crippen molar-refractivity contribution in [3.05, 3.63) is 0 Å². The molecule has 1 rings (SSSR count). The van der Waals surface area contributed by atoms with Gasteiger partial charge in [-0.1, -0.05) is 13.3 Å². The Morgan fingerprint density at radius 3 is 2.83 bits per heavy atom. The van der Waals surface area contributed by atoms with Gasteiger partial charge in [-0.2, -0.15) is 0 Å². The van der Waals surface area contributed by atoms with Crippen molar-refractivity contribution in [3.8, 4) is 0 Å². The number of hydrogen-bond donors (Lipinski definition) is 0. The molecule has 0 amide bonds. The van der Waals surface area contributed by atoms with Gasteiger partial charge in [-0.25, -0.2) is 0 Å². The Labute approximate surface area is 73.3 Å². The van der Waals surface area contributed by atoms with Crippen molar-refractivity contribution >= 4 is 6.29 Å². The van der Waals surface area contributed by atoms with E-state index in [2.05, 4.69) is 6.92 Å². The molecule has 1 aliphatic carbocycles. The monoisotopic (exact) mass is 172 g/mol. The number of halogens is 1. The van der Waals surface area contributed by atoms with E-state index in [0.29, 0.717) is 12.3 Å². The predicted octanol–water partition coefficient (Wildman–Crippen LogP) is 2.74. The molecule has 12 heavy (non-hydrogen) atoms. The lowest BCUT2D eigenvalue weighted by atomic mass is 9.76. The number of rotatable bonds is 4. The molecule has 1 fully saturated rings. The van der Waals surface area contributed by atoms with Crippen LogP contribution < -0.4 is 0 Å². The summed E-state index contributed by atoms with van der Waals surface area (Å²) in [7, 11) is 0. The molecule has 2 heteroatoms. The normalized spacial score (nSPS) is 35.3. The Hall–Kier alpha value is -0.400. The lowest BCUT2D eigenvalue weighted by Crippen LogP contribution is -2.25. The van der Waals surface area contributed by atoms with Crippen LogP contribution in [0.1, 0.15) is 39.0 Å². The summed E-state index contributed by atoms with van der Waals surface area (Å²) in [6.07, 6.45) is 5.59. The van der Waals surface area contributed by atoms with Gasteiger partial charge in [-0.05, 0) is 31.6 Å². The van der Waals surface area contributed by atoms with Gasteiger partial charge < -0.3 is 4.79 Å². The fourth-order valence-corrected chi connectivity index (χ4v) is 2.27. The summed E-state index contributed by atoms with van der Waals surface area (Å²) < 4.78 is 12.0. The van der Waals surface area contributed by atoms with E-state index in [1.807, 2.05) is 0 Å². The van der Waals surface area contributed by atoms with Gasteiger partial charge in [0.2, 0.25) is 0 Å². The minimum Gasteiger partial charge on any atom is -0.303 e. The lowest BCUT2D eigenvalue weighted by molar-refractivity contribution is -0.118. The zero-order valence-corrected chi connectivity index (χ0v) is 7.68. The van der Waals surface area contributed by atoms with Crippen molar-refractivity contribution in [2.24, 2.45) is 11.3 Å². The molecule has 70 valence electrons. The molecule has 1 aliphatic rings. The van der Waals surface area contributed by atoms with E-state index in [1.54, 1.807) is 0 Å². The van der Waals surface area contributed by atoms with Gasteiger partial charge in [0.1, 0.15) is 6.29 Å². The van der Waals surface area contributed by atoms with Gasteiger partial charge in [0, 0.05) is 5.41 Å². The van der Waals surface area contributed by atoms with Gasteiger partial charge >= 0.3 is 0 Å². The van der Waals surface area contributed by atoms with E-state index in [4.69, 9.17) is 0 Å². The van der Waals surface area contributed by atoms with Crippen LogP contribution in [0.25, 0.3) is 0 Å². The predicted molar refractivity (Wildman–Crippen MR) is 46.7 cm³/mol. The molecule has 0 heterocycles. The Morgan fingerprint density at radius 1 is 1.67 bits per heavy atom. The van der Waals surface area contributed by atoms with E-state index >= 15 is 0 Å². The first kappa shape index (κ1) is 9.69. The van der Waals surface area contributed by atoms with Crippen molar-refractivity contribution in [1.29, 1.82) is 0 Å². The van der Waals surface area contributed by atoms with E-state index in [0.717, 1.165) is 32.0 Å². The quantitative estimate of drug-likeness (QED) is 0.596. The largest absolute Gasteiger partial charge is 0.303 e. The van der Waals surface area contributed by atoms with E-state index in [9.17, 15) is 9.18 Å². The van der Waals surface area contributed by atoms with Crippen molar-refractivity contribution in [2.75, 3.05) is 6.67 Å². The van der Waals surface area contributed by atoms with Gasteiger partial charge in [-0.15, -0.1) is 0 Å². The average molecular weight is 172 g/mol. The highest BCUT2D eigenvalue weighted by atomic mass is 19.1. The third-order valence-electron chi connectivity index (χ3n) is 3.27. The molecule has 0 N–H and O–H groups in total. The summed E-state index contributed by atoms with van der Waals surface area (Å²) in [5, 5.41) is 0. The van der Waals surface area contributed by atoms with Crippen molar-refractivity contribution < 1.29 is 9.18 Å². The SMILES string of the molecule is CC1CCCC1(C=O)CCCF. The summed E-state index contributed by atoms with van der Waals surface area (Å²) in [6, 6.07) is 0. The van der Waals surface area contributed by atoms with Crippen molar-refractivity contribution in [3.63, 3.8) is 0 Å². The zero-order chi connectivity index (χ0) is 9.03. The fourth-order valence-electron chi connectivity index (χ4n) is 2.27. The fraction of sp³-hybridized carbons (Fsp3) is 0.900. The van der Waals surface area contributed by atoms with Crippen LogP contribution in [0.3, 0.4) is 0 Å². The smallest absolute Gasteiger partial charge is 0.126 e. The van der Waals surface area contributed by atoms with Gasteiger partial charge in [0.05, 0.1) is 6.67 Å².